The molecule has 0 radical (unpaired) electrons. The van der Waals surface area contributed by atoms with Crippen molar-refractivity contribution in [1.29, 1.82) is 0 Å². The van der Waals surface area contributed by atoms with E-state index in [1.807, 2.05) is 11.8 Å². The highest BCUT2D eigenvalue weighted by Crippen LogP contribution is 2.62. The fourth-order valence-electron chi connectivity index (χ4n) is 8.77. The van der Waals surface area contributed by atoms with Crippen LogP contribution in [-0.2, 0) is 5.41 Å². The molecule has 0 amide bonds. The molecule has 49 heavy (non-hydrogen) atoms. The molecule has 0 atom stereocenters. The van der Waals surface area contributed by atoms with Crippen LogP contribution in [0.15, 0.2) is 186 Å². The highest BCUT2D eigenvalue weighted by molar-refractivity contribution is 7.99. The van der Waals surface area contributed by atoms with Gasteiger partial charge in [-0.2, -0.15) is 0 Å². The molecule has 8 aromatic carbocycles. The van der Waals surface area contributed by atoms with Gasteiger partial charge in [0, 0.05) is 26.3 Å². The van der Waals surface area contributed by atoms with E-state index in [1.54, 1.807) is 0 Å². The summed E-state index contributed by atoms with van der Waals surface area (Å²) in [4.78, 5) is 2.64. The van der Waals surface area contributed by atoms with Crippen LogP contribution in [0.1, 0.15) is 22.3 Å². The minimum Gasteiger partial charge on any atom is -0.309 e. The fourth-order valence-corrected chi connectivity index (χ4v) is 9.98. The van der Waals surface area contributed by atoms with Gasteiger partial charge in [-0.1, -0.05) is 145 Å². The molecule has 1 aliphatic heterocycles. The van der Waals surface area contributed by atoms with Crippen LogP contribution in [0.2, 0.25) is 0 Å². The number of benzene rings is 8. The lowest BCUT2D eigenvalue weighted by Crippen LogP contribution is -2.31. The summed E-state index contributed by atoms with van der Waals surface area (Å²) in [7, 11) is 0. The Labute approximate surface area is 289 Å². The second-order valence-corrected chi connectivity index (χ2v) is 14.4. The maximum atomic E-state index is 2.52. The Hall–Kier alpha value is -5.83. The minimum atomic E-state index is -0.386. The van der Waals surface area contributed by atoms with Gasteiger partial charge in [-0.05, 0) is 97.7 Å². The van der Waals surface area contributed by atoms with Crippen LogP contribution in [0, 0.1) is 0 Å². The number of para-hydroxylation sites is 1. The Morgan fingerprint density at radius 2 is 1.02 bits per heavy atom. The van der Waals surface area contributed by atoms with Crippen LogP contribution in [0.5, 0.6) is 0 Å². The Morgan fingerprint density at radius 3 is 1.82 bits per heavy atom. The molecule has 0 N–H and O–H groups in total. The third kappa shape index (κ3) is 3.67. The van der Waals surface area contributed by atoms with E-state index in [2.05, 4.69) is 180 Å². The first kappa shape index (κ1) is 27.2. The molecule has 0 bridgehead atoms. The zero-order chi connectivity index (χ0) is 32.1. The van der Waals surface area contributed by atoms with Gasteiger partial charge in [0.15, 0.2) is 0 Å². The topological polar surface area (TPSA) is 4.93 Å². The third-order valence-electron chi connectivity index (χ3n) is 10.8. The smallest absolute Gasteiger partial charge is 0.0735 e. The first-order valence-corrected chi connectivity index (χ1v) is 17.7. The van der Waals surface area contributed by atoms with Crippen LogP contribution in [0.4, 0.5) is 0 Å². The molecule has 228 valence electrons. The lowest BCUT2D eigenvalue weighted by atomic mass is 9.67. The highest BCUT2D eigenvalue weighted by Gasteiger charge is 2.50. The van der Waals surface area contributed by atoms with Crippen molar-refractivity contribution in [2.45, 2.75) is 15.2 Å². The van der Waals surface area contributed by atoms with Crippen molar-refractivity contribution >= 4 is 44.3 Å². The fraction of sp³-hybridized carbons (Fsp3) is 0.0213. The van der Waals surface area contributed by atoms with Gasteiger partial charge >= 0.3 is 0 Å². The van der Waals surface area contributed by atoms with Crippen LogP contribution in [-0.4, -0.2) is 4.57 Å². The van der Waals surface area contributed by atoms with E-state index in [9.17, 15) is 0 Å². The van der Waals surface area contributed by atoms with E-state index >= 15 is 0 Å². The van der Waals surface area contributed by atoms with E-state index in [-0.39, 0.29) is 5.41 Å². The van der Waals surface area contributed by atoms with Crippen molar-refractivity contribution < 1.29 is 0 Å². The van der Waals surface area contributed by atoms with Crippen LogP contribution in [0.25, 0.3) is 60.5 Å². The average molecular weight is 640 g/mol. The van der Waals surface area contributed by atoms with Gasteiger partial charge in [0.1, 0.15) is 0 Å². The van der Waals surface area contributed by atoms with Crippen molar-refractivity contribution in [3.63, 3.8) is 0 Å². The number of nitrogens with zero attached hydrogens (tertiary/aromatic N) is 1. The largest absolute Gasteiger partial charge is 0.309 e. The number of hydrogen-bond acceptors (Lipinski definition) is 1. The Morgan fingerprint density at radius 1 is 0.388 bits per heavy atom. The molecule has 1 aliphatic carbocycles. The molecule has 2 heterocycles. The number of hydrogen-bond donors (Lipinski definition) is 0. The van der Waals surface area contributed by atoms with Crippen molar-refractivity contribution in [2.24, 2.45) is 0 Å². The Bertz CT molecular complexity index is 2760. The Kier molecular flexibility index (Phi) is 5.59. The number of fused-ring (bicyclic) bond motifs is 13. The first-order chi connectivity index (χ1) is 24.3. The van der Waals surface area contributed by atoms with Gasteiger partial charge in [-0.25, -0.2) is 0 Å². The maximum absolute atomic E-state index is 2.52. The summed E-state index contributed by atoms with van der Waals surface area (Å²) in [6, 6.07) is 65.5. The van der Waals surface area contributed by atoms with Gasteiger partial charge in [0.2, 0.25) is 0 Å². The maximum Gasteiger partial charge on any atom is 0.0735 e. The van der Waals surface area contributed by atoms with Gasteiger partial charge in [0.05, 0.1) is 16.4 Å². The van der Waals surface area contributed by atoms with Crippen LogP contribution in [0.3, 0.4) is 0 Å². The average Bonchev–Trinajstić information content (AvgIpc) is 3.64. The second-order valence-electron chi connectivity index (χ2n) is 13.3. The van der Waals surface area contributed by atoms with E-state index in [0.717, 1.165) is 0 Å². The predicted molar refractivity (Wildman–Crippen MR) is 205 cm³/mol. The SMILES string of the molecule is c1ccc2c(c1)Sc1cc3c(cc1C21c2ccccc2-c2ccccc21)c1ccccc1n3-c1ccc(-c2ccc3ccccc3c2)cc1. The number of rotatable bonds is 2. The lowest BCUT2D eigenvalue weighted by molar-refractivity contribution is 0.724. The molecule has 0 fully saturated rings. The summed E-state index contributed by atoms with van der Waals surface area (Å²) >= 11 is 1.91. The minimum absolute atomic E-state index is 0.386. The molecule has 1 aromatic heterocycles. The molecular weight excluding hydrogens is 611 g/mol. The molecular formula is C47H29NS. The van der Waals surface area contributed by atoms with Crippen molar-refractivity contribution in [1.82, 2.24) is 4.57 Å². The third-order valence-corrected chi connectivity index (χ3v) is 12.0. The summed E-state index contributed by atoms with van der Waals surface area (Å²) in [6.07, 6.45) is 0. The molecule has 1 spiro atoms. The summed E-state index contributed by atoms with van der Waals surface area (Å²) in [5, 5.41) is 5.09. The first-order valence-electron chi connectivity index (χ1n) is 16.9. The van der Waals surface area contributed by atoms with E-state index in [4.69, 9.17) is 0 Å². The van der Waals surface area contributed by atoms with Gasteiger partial charge < -0.3 is 4.57 Å². The zero-order valence-corrected chi connectivity index (χ0v) is 27.4. The molecule has 0 saturated heterocycles. The molecule has 2 heteroatoms. The normalized spacial score (nSPS) is 13.8. The summed E-state index contributed by atoms with van der Waals surface area (Å²) < 4.78 is 2.46. The van der Waals surface area contributed by atoms with Crippen LogP contribution < -0.4 is 0 Å². The molecule has 0 saturated carbocycles. The van der Waals surface area contributed by atoms with Gasteiger partial charge in [-0.3, -0.25) is 0 Å². The van der Waals surface area contributed by atoms with E-state index in [0.29, 0.717) is 0 Å². The number of aromatic nitrogens is 1. The van der Waals surface area contributed by atoms with Gasteiger partial charge in [0.25, 0.3) is 0 Å². The molecule has 9 aromatic rings. The van der Waals surface area contributed by atoms with Gasteiger partial charge in [-0.15, -0.1) is 0 Å². The predicted octanol–water partition coefficient (Wildman–Crippen LogP) is 12.4. The Balaban J connectivity index is 1.16. The summed E-state index contributed by atoms with van der Waals surface area (Å²) in [5.41, 5.74) is 13.9. The summed E-state index contributed by atoms with van der Waals surface area (Å²) in [5.74, 6) is 0. The monoisotopic (exact) mass is 639 g/mol. The molecule has 1 nitrogen and oxygen atoms in total. The summed E-state index contributed by atoms with van der Waals surface area (Å²) in [6.45, 7) is 0. The zero-order valence-electron chi connectivity index (χ0n) is 26.6. The standard InChI is InChI=1S/C47H29NS/c1-2-12-32-27-33(22-21-30(32)11-1)31-23-25-34(26-24-31)48-43-19-9-5-15-37(43)38-28-42-46(29-44(38)48)49-45-20-10-8-18-41(45)47(42)39-16-6-3-13-35(39)36-14-4-7-17-40(36)47/h1-29H. The van der Waals surface area contributed by atoms with Crippen LogP contribution >= 0.6 is 11.8 Å². The molecule has 0 unspecified atom stereocenters. The van der Waals surface area contributed by atoms with E-state index < -0.39 is 0 Å². The highest BCUT2D eigenvalue weighted by atomic mass is 32.2. The molecule has 2 aliphatic rings. The molecule has 11 rings (SSSR count). The van der Waals surface area contributed by atoms with Crippen molar-refractivity contribution in [2.75, 3.05) is 0 Å². The quantitative estimate of drug-likeness (QED) is 0.182. The van der Waals surface area contributed by atoms with Crippen molar-refractivity contribution in [3.05, 3.63) is 198 Å². The second kappa shape index (κ2) is 10.1. The van der Waals surface area contributed by atoms with Crippen molar-refractivity contribution in [3.8, 4) is 27.9 Å². The van der Waals surface area contributed by atoms with E-state index in [1.165, 1.54) is 92.6 Å². The lowest BCUT2D eigenvalue weighted by Gasteiger charge is -2.39.